The van der Waals surface area contributed by atoms with Crippen molar-refractivity contribution < 1.29 is 0 Å². The molecule has 0 bridgehead atoms. The lowest BCUT2D eigenvalue weighted by Gasteiger charge is -2.15. The maximum Gasteiger partial charge on any atom is 0.0442 e. The second-order valence-corrected chi connectivity index (χ2v) is 13.1. The average molecular weight is 317 g/mol. The number of benzene rings is 2. The van der Waals surface area contributed by atoms with Gasteiger partial charge in [0.2, 0.25) is 0 Å². The zero-order valence-electron chi connectivity index (χ0n) is 13.3. The number of halogens is 1. The van der Waals surface area contributed by atoms with Gasteiger partial charge >= 0.3 is 0 Å². The van der Waals surface area contributed by atoms with E-state index in [0.717, 1.165) is 11.4 Å². The summed E-state index contributed by atoms with van der Waals surface area (Å²) in [5, 5.41) is 0.818. The van der Waals surface area contributed by atoms with Gasteiger partial charge in [0.25, 0.3) is 0 Å². The molecule has 0 unspecified atom stereocenters. The number of rotatable bonds is 6. The fourth-order valence-corrected chi connectivity index (χ4v) is 4.05. The average Bonchev–Trinajstić information content (AvgIpc) is 2.37. The summed E-state index contributed by atoms with van der Waals surface area (Å²) in [6.07, 6.45) is 3.48. The van der Waals surface area contributed by atoms with E-state index in [1.807, 2.05) is 12.1 Å². The van der Waals surface area contributed by atoms with E-state index in [4.69, 9.17) is 11.6 Å². The zero-order valence-corrected chi connectivity index (χ0v) is 15.1. The molecular weight excluding hydrogens is 292 g/mol. The molecule has 0 aliphatic rings. The zero-order chi connectivity index (χ0) is 15.3. The molecule has 0 aromatic heterocycles. The van der Waals surface area contributed by atoms with Crippen molar-refractivity contribution in [3.8, 4) is 0 Å². The van der Waals surface area contributed by atoms with E-state index in [0.29, 0.717) is 0 Å². The molecule has 21 heavy (non-hydrogen) atoms. The predicted octanol–water partition coefficient (Wildman–Crippen LogP) is 6.20. The molecule has 2 aromatic carbocycles. The summed E-state index contributed by atoms with van der Waals surface area (Å²) in [7, 11) is -0.907. The highest BCUT2D eigenvalue weighted by Gasteiger charge is 2.11. The second kappa shape index (κ2) is 7.28. The van der Waals surface area contributed by atoms with Crippen molar-refractivity contribution in [2.45, 2.75) is 44.9 Å². The molecule has 0 saturated heterocycles. The molecule has 0 heterocycles. The first kappa shape index (κ1) is 16.3. The van der Waals surface area contributed by atoms with Crippen LogP contribution in [0, 0.1) is 0 Å². The number of hydrogen-bond donors (Lipinski definition) is 0. The first-order valence-corrected chi connectivity index (χ1v) is 11.8. The molecule has 0 spiro atoms. The highest BCUT2D eigenvalue weighted by atomic mass is 35.5. The third kappa shape index (κ3) is 6.07. The maximum absolute atomic E-state index is 6.06. The van der Waals surface area contributed by atoms with Crippen molar-refractivity contribution >= 4 is 19.7 Å². The van der Waals surface area contributed by atoms with Crippen LogP contribution in [0.5, 0.6) is 0 Å². The second-order valence-electron chi connectivity index (χ2n) is 7.04. The van der Waals surface area contributed by atoms with Gasteiger partial charge in [-0.15, -0.1) is 0 Å². The van der Waals surface area contributed by atoms with Gasteiger partial charge in [0.05, 0.1) is 0 Å². The Hall–Kier alpha value is -1.05. The fourth-order valence-electron chi connectivity index (χ4n) is 2.60. The monoisotopic (exact) mass is 316 g/mol. The molecule has 2 aromatic rings. The Morgan fingerprint density at radius 2 is 1.48 bits per heavy atom. The maximum atomic E-state index is 6.06. The van der Waals surface area contributed by atoms with E-state index in [1.54, 1.807) is 0 Å². The van der Waals surface area contributed by atoms with Crippen molar-refractivity contribution in [1.29, 1.82) is 0 Å². The molecule has 0 atom stereocenters. The fraction of sp³-hybridized carbons (Fsp3) is 0.368. The Bertz CT molecular complexity index is 584. The van der Waals surface area contributed by atoms with Crippen LogP contribution >= 0.6 is 11.6 Å². The van der Waals surface area contributed by atoms with Crippen molar-refractivity contribution in [1.82, 2.24) is 0 Å². The van der Waals surface area contributed by atoms with E-state index in [-0.39, 0.29) is 0 Å². The summed E-state index contributed by atoms with van der Waals surface area (Å²) >= 11 is 6.06. The Kier molecular flexibility index (Phi) is 5.66. The van der Waals surface area contributed by atoms with Gasteiger partial charge in [-0.05, 0) is 41.7 Å². The topological polar surface area (TPSA) is 0 Å². The molecule has 0 amide bonds. The SMILES string of the molecule is C[Si](C)(C)CCCc1cccc(Cc2cccc(Cl)c2)c1. The highest BCUT2D eigenvalue weighted by molar-refractivity contribution is 6.76. The van der Waals surface area contributed by atoms with Crippen LogP contribution < -0.4 is 0 Å². The standard InChI is InChI=1S/C19H25ClSi/c1-21(2,3)12-6-10-16-7-4-8-17(13-16)14-18-9-5-11-19(20)15-18/h4-5,7-9,11,13,15H,6,10,12,14H2,1-3H3. The lowest BCUT2D eigenvalue weighted by Crippen LogP contribution is -2.18. The van der Waals surface area contributed by atoms with Gasteiger partial charge in [0.1, 0.15) is 0 Å². The van der Waals surface area contributed by atoms with Crippen LogP contribution in [-0.2, 0) is 12.8 Å². The molecule has 0 saturated carbocycles. The van der Waals surface area contributed by atoms with Crippen molar-refractivity contribution in [2.24, 2.45) is 0 Å². The van der Waals surface area contributed by atoms with E-state index in [2.05, 4.69) is 56.0 Å². The molecule has 2 rings (SSSR count). The molecule has 0 radical (unpaired) electrons. The summed E-state index contributed by atoms with van der Waals surface area (Å²) in [6.45, 7) is 7.34. The lowest BCUT2D eigenvalue weighted by atomic mass is 10.0. The highest BCUT2D eigenvalue weighted by Crippen LogP contribution is 2.18. The third-order valence-corrected chi connectivity index (χ3v) is 5.77. The quantitative estimate of drug-likeness (QED) is 0.556. The number of hydrogen-bond acceptors (Lipinski definition) is 0. The number of aryl methyl sites for hydroxylation is 1. The van der Waals surface area contributed by atoms with Crippen LogP contribution in [0.2, 0.25) is 30.7 Å². The summed E-state index contributed by atoms with van der Waals surface area (Å²) in [5.74, 6) is 0. The Morgan fingerprint density at radius 3 is 2.14 bits per heavy atom. The van der Waals surface area contributed by atoms with Gasteiger partial charge in [-0.25, -0.2) is 0 Å². The van der Waals surface area contributed by atoms with Crippen LogP contribution in [0.3, 0.4) is 0 Å². The van der Waals surface area contributed by atoms with Gasteiger partial charge in [-0.3, -0.25) is 0 Å². The smallest absolute Gasteiger partial charge is 0.0442 e. The van der Waals surface area contributed by atoms with E-state index >= 15 is 0 Å². The van der Waals surface area contributed by atoms with Gasteiger partial charge < -0.3 is 0 Å². The van der Waals surface area contributed by atoms with E-state index < -0.39 is 8.07 Å². The van der Waals surface area contributed by atoms with Crippen LogP contribution in [0.25, 0.3) is 0 Å². The van der Waals surface area contributed by atoms with Crippen LogP contribution in [0.1, 0.15) is 23.1 Å². The van der Waals surface area contributed by atoms with Gasteiger partial charge in [0, 0.05) is 13.1 Å². The molecule has 112 valence electrons. The molecular formula is C19H25ClSi. The Labute approximate surface area is 135 Å². The summed E-state index contributed by atoms with van der Waals surface area (Å²) in [4.78, 5) is 0. The van der Waals surface area contributed by atoms with Crippen LogP contribution in [0.15, 0.2) is 48.5 Å². The molecule has 0 nitrogen and oxygen atoms in total. The first-order valence-electron chi connectivity index (χ1n) is 7.75. The predicted molar refractivity (Wildman–Crippen MR) is 97.2 cm³/mol. The van der Waals surface area contributed by atoms with Crippen LogP contribution in [0.4, 0.5) is 0 Å². The van der Waals surface area contributed by atoms with Crippen LogP contribution in [-0.4, -0.2) is 8.07 Å². The molecule has 2 heteroatoms. The lowest BCUT2D eigenvalue weighted by molar-refractivity contribution is 0.899. The first-order chi connectivity index (χ1) is 9.92. The normalized spacial score (nSPS) is 11.6. The van der Waals surface area contributed by atoms with E-state index in [1.165, 1.54) is 35.6 Å². The molecule has 0 fully saturated rings. The molecule has 0 aliphatic heterocycles. The van der Waals surface area contributed by atoms with E-state index in [9.17, 15) is 0 Å². The molecule has 0 aliphatic carbocycles. The Balaban J connectivity index is 1.97. The summed E-state index contributed by atoms with van der Waals surface area (Å²) in [6, 6.07) is 18.6. The summed E-state index contributed by atoms with van der Waals surface area (Å²) in [5.41, 5.74) is 4.12. The van der Waals surface area contributed by atoms with Crippen molar-refractivity contribution in [3.63, 3.8) is 0 Å². The van der Waals surface area contributed by atoms with Gasteiger partial charge in [-0.2, -0.15) is 0 Å². The summed E-state index contributed by atoms with van der Waals surface area (Å²) < 4.78 is 0. The largest absolute Gasteiger partial charge is 0.0843 e. The van der Waals surface area contributed by atoms with Crippen molar-refractivity contribution in [3.05, 3.63) is 70.2 Å². The van der Waals surface area contributed by atoms with Gasteiger partial charge in [0.15, 0.2) is 0 Å². The minimum Gasteiger partial charge on any atom is -0.0843 e. The van der Waals surface area contributed by atoms with Crippen molar-refractivity contribution in [2.75, 3.05) is 0 Å². The minimum atomic E-state index is -0.907. The minimum absolute atomic E-state index is 0.818. The molecule has 0 N–H and O–H groups in total. The third-order valence-electron chi connectivity index (χ3n) is 3.68. The van der Waals surface area contributed by atoms with Gasteiger partial charge in [-0.1, -0.05) is 80.1 Å². The Morgan fingerprint density at radius 1 is 0.857 bits per heavy atom.